The second kappa shape index (κ2) is 3.40. The molecule has 0 atom stereocenters. The van der Waals surface area contributed by atoms with Crippen molar-refractivity contribution in [1.29, 1.82) is 0 Å². The van der Waals surface area contributed by atoms with E-state index in [9.17, 15) is 0 Å². The van der Waals surface area contributed by atoms with Crippen molar-refractivity contribution in [1.82, 2.24) is 9.71 Å². The van der Waals surface area contributed by atoms with Crippen LogP contribution in [0.3, 0.4) is 0 Å². The van der Waals surface area contributed by atoms with Gasteiger partial charge in [-0.25, -0.2) is 0 Å². The predicted molar refractivity (Wildman–Crippen MR) is 46.8 cm³/mol. The van der Waals surface area contributed by atoms with E-state index in [2.05, 4.69) is 31.5 Å². The highest BCUT2D eigenvalue weighted by Crippen LogP contribution is 2.02. The molecule has 0 spiro atoms. The Morgan fingerprint density at radius 1 is 1.10 bits per heavy atom. The Morgan fingerprint density at radius 2 is 1.60 bits per heavy atom. The molecule has 3 heteroatoms. The van der Waals surface area contributed by atoms with Crippen molar-refractivity contribution >= 4 is 7.98 Å². The van der Waals surface area contributed by atoms with Crippen LogP contribution in [0, 0.1) is 0 Å². The molecule has 0 N–H and O–H groups in total. The Morgan fingerprint density at radius 3 is 2.00 bits per heavy atom. The van der Waals surface area contributed by atoms with Crippen molar-refractivity contribution in [3.05, 3.63) is 0 Å². The third-order valence-corrected chi connectivity index (χ3v) is 2.27. The lowest BCUT2D eigenvalue weighted by Crippen LogP contribution is -2.47. The molecular weight excluding hydrogens is 123 g/mol. The molecule has 0 radical (unpaired) electrons. The molecular formula is C7H17BN2. The van der Waals surface area contributed by atoms with Crippen LogP contribution in [0.25, 0.3) is 0 Å². The minimum absolute atomic E-state index is 0.730. The van der Waals surface area contributed by atoms with E-state index in [0.717, 1.165) is 6.04 Å². The zero-order valence-electron chi connectivity index (χ0n) is 7.30. The second-order valence-corrected chi connectivity index (χ2v) is 3.43. The van der Waals surface area contributed by atoms with Crippen LogP contribution in [-0.2, 0) is 0 Å². The fourth-order valence-corrected chi connectivity index (χ4v) is 1.34. The molecule has 0 aromatic carbocycles. The molecule has 0 bridgehead atoms. The third kappa shape index (κ3) is 1.99. The van der Waals surface area contributed by atoms with Gasteiger partial charge in [0.2, 0.25) is 0 Å². The average Bonchev–Trinajstić information content (AvgIpc) is 1.88. The van der Waals surface area contributed by atoms with Crippen molar-refractivity contribution in [2.75, 3.05) is 26.2 Å². The van der Waals surface area contributed by atoms with E-state index in [1.807, 2.05) is 0 Å². The lowest BCUT2D eigenvalue weighted by molar-refractivity contribution is 0.156. The lowest BCUT2D eigenvalue weighted by atomic mass is 10.2. The monoisotopic (exact) mass is 140 g/mol. The Bertz CT molecular complexity index is 97.8. The van der Waals surface area contributed by atoms with Gasteiger partial charge in [-0.3, -0.25) is 4.90 Å². The first kappa shape index (κ1) is 8.09. The topological polar surface area (TPSA) is 6.48 Å². The van der Waals surface area contributed by atoms with Crippen LogP contribution < -0.4 is 0 Å². The highest BCUT2D eigenvalue weighted by atomic mass is 15.2. The Balaban J connectivity index is 2.26. The quantitative estimate of drug-likeness (QED) is 0.455. The number of piperazine rings is 1. The minimum atomic E-state index is 0.730. The highest BCUT2D eigenvalue weighted by molar-refractivity contribution is 6.04. The van der Waals surface area contributed by atoms with Crippen LogP contribution in [0.1, 0.15) is 13.8 Å². The van der Waals surface area contributed by atoms with E-state index >= 15 is 0 Å². The van der Waals surface area contributed by atoms with Gasteiger partial charge >= 0.3 is 0 Å². The summed E-state index contributed by atoms with van der Waals surface area (Å²) in [5.74, 6) is 0. The van der Waals surface area contributed by atoms with E-state index in [-0.39, 0.29) is 0 Å². The summed E-state index contributed by atoms with van der Waals surface area (Å²) in [7, 11) is 2.19. The third-order valence-electron chi connectivity index (χ3n) is 2.27. The van der Waals surface area contributed by atoms with E-state index in [1.165, 1.54) is 26.2 Å². The molecule has 0 unspecified atom stereocenters. The zero-order chi connectivity index (χ0) is 7.56. The van der Waals surface area contributed by atoms with Gasteiger partial charge in [0.05, 0.1) is 0 Å². The standard InChI is InChI=1S/C7H17BN2/c1-7(2)9-3-5-10(8)6-4-9/h7H,3-6,8H2,1-2H3. The fraction of sp³-hybridized carbons (Fsp3) is 1.00. The van der Waals surface area contributed by atoms with Crippen molar-refractivity contribution in [3.8, 4) is 0 Å². The highest BCUT2D eigenvalue weighted by Gasteiger charge is 2.14. The molecule has 2 nitrogen and oxygen atoms in total. The molecule has 10 heavy (non-hydrogen) atoms. The summed E-state index contributed by atoms with van der Waals surface area (Å²) in [5.41, 5.74) is 0. The van der Waals surface area contributed by atoms with Crippen LogP contribution in [0.5, 0.6) is 0 Å². The maximum absolute atomic E-state index is 2.53. The van der Waals surface area contributed by atoms with Crippen LogP contribution >= 0.6 is 0 Å². The Labute approximate surface area is 64.6 Å². The fourth-order valence-electron chi connectivity index (χ4n) is 1.34. The lowest BCUT2D eigenvalue weighted by Gasteiger charge is -2.35. The average molecular weight is 140 g/mol. The van der Waals surface area contributed by atoms with Crippen molar-refractivity contribution < 1.29 is 0 Å². The molecule has 0 aliphatic carbocycles. The molecule has 1 saturated heterocycles. The number of hydrogen-bond donors (Lipinski definition) is 0. The van der Waals surface area contributed by atoms with Crippen molar-refractivity contribution in [2.24, 2.45) is 0 Å². The van der Waals surface area contributed by atoms with E-state index in [1.54, 1.807) is 0 Å². The normalized spacial score (nSPS) is 23.9. The van der Waals surface area contributed by atoms with Gasteiger partial charge in [0.1, 0.15) is 0 Å². The molecule has 58 valence electrons. The maximum Gasteiger partial charge on any atom is 0.185 e. The van der Waals surface area contributed by atoms with Crippen LogP contribution in [0.2, 0.25) is 0 Å². The predicted octanol–water partition coefficient (Wildman–Crippen LogP) is -0.440. The van der Waals surface area contributed by atoms with Gasteiger partial charge in [-0.2, -0.15) is 0 Å². The molecule has 0 aromatic rings. The van der Waals surface area contributed by atoms with Gasteiger partial charge in [0, 0.05) is 19.1 Å². The summed E-state index contributed by atoms with van der Waals surface area (Å²) in [6.45, 7) is 9.50. The molecule has 0 saturated carbocycles. The van der Waals surface area contributed by atoms with Gasteiger partial charge in [-0.05, 0) is 26.9 Å². The van der Waals surface area contributed by atoms with E-state index in [4.69, 9.17) is 0 Å². The first-order valence-electron chi connectivity index (χ1n) is 4.13. The van der Waals surface area contributed by atoms with Gasteiger partial charge < -0.3 is 4.81 Å². The number of nitrogens with zero attached hydrogens (tertiary/aromatic N) is 2. The molecule has 0 amide bonds. The summed E-state index contributed by atoms with van der Waals surface area (Å²) in [4.78, 5) is 4.92. The van der Waals surface area contributed by atoms with Crippen molar-refractivity contribution in [3.63, 3.8) is 0 Å². The summed E-state index contributed by atoms with van der Waals surface area (Å²) < 4.78 is 0. The van der Waals surface area contributed by atoms with Crippen LogP contribution in [-0.4, -0.2) is 49.9 Å². The minimum Gasteiger partial charge on any atom is -0.346 e. The van der Waals surface area contributed by atoms with Gasteiger partial charge in [-0.15, -0.1) is 0 Å². The molecule has 1 heterocycles. The molecule has 1 aliphatic heterocycles. The SMILES string of the molecule is BN1CCN(C(C)C)CC1. The molecule has 1 rings (SSSR count). The van der Waals surface area contributed by atoms with Gasteiger partial charge in [-0.1, -0.05) is 0 Å². The summed E-state index contributed by atoms with van der Waals surface area (Å²) in [6, 6.07) is 0.730. The van der Waals surface area contributed by atoms with E-state index in [0.29, 0.717) is 0 Å². The molecule has 1 aliphatic rings. The summed E-state index contributed by atoms with van der Waals surface area (Å²) >= 11 is 0. The van der Waals surface area contributed by atoms with Gasteiger partial charge in [0.15, 0.2) is 7.98 Å². The van der Waals surface area contributed by atoms with Crippen LogP contribution in [0.15, 0.2) is 0 Å². The van der Waals surface area contributed by atoms with E-state index < -0.39 is 0 Å². The summed E-state index contributed by atoms with van der Waals surface area (Å²) in [6.07, 6.45) is 0. The number of hydrogen-bond acceptors (Lipinski definition) is 2. The maximum atomic E-state index is 2.53. The first-order valence-corrected chi connectivity index (χ1v) is 4.13. The largest absolute Gasteiger partial charge is 0.346 e. The molecule has 1 fully saturated rings. The Kier molecular flexibility index (Phi) is 2.75. The second-order valence-electron chi connectivity index (χ2n) is 3.43. The first-order chi connectivity index (χ1) is 4.70. The zero-order valence-corrected chi connectivity index (χ0v) is 7.30. The van der Waals surface area contributed by atoms with Crippen molar-refractivity contribution in [2.45, 2.75) is 19.9 Å². The number of rotatable bonds is 1. The van der Waals surface area contributed by atoms with Crippen LogP contribution in [0.4, 0.5) is 0 Å². The smallest absolute Gasteiger partial charge is 0.185 e. The molecule has 0 aromatic heterocycles. The Hall–Kier alpha value is -0.0151. The van der Waals surface area contributed by atoms with Gasteiger partial charge in [0.25, 0.3) is 0 Å². The summed E-state index contributed by atoms with van der Waals surface area (Å²) in [5, 5.41) is 0.